The molecule has 0 spiro atoms. The summed E-state index contributed by atoms with van der Waals surface area (Å²) in [5.41, 5.74) is -0.115. The largest absolute Gasteiger partial charge is 0.416 e. The summed E-state index contributed by atoms with van der Waals surface area (Å²) in [5.74, 6) is 0. The summed E-state index contributed by atoms with van der Waals surface area (Å²) in [6.07, 6.45) is -4.15. The molecule has 98 valence electrons. The van der Waals surface area contributed by atoms with E-state index in [1.54, 1.807) is 6.92 Å². The number of alkyl halides is 3. The molecule has 1 aliphatic heterocycles. The van der Waals surface area contributed by atoms with Crippen molar-refractivity contribution >= 4 is 28.9 Å². The fraction of sp³-hybridized carbons (Fsp3) is 0.364. The van der Waals surface area contributed by atoms with Crippen molar-refractivity contribution in [1.29, 1.82) is 0 Å². The Balaban J connectivity index is 2.45. The molecule has 0 N–H and O–H groups in total. The molecular formula is C11H8Cl2F3NO. The van der Waals surface area contributed by atoms with Gasteiger partial charge in [0, 0.05) is 12.0 Å². The van der Waals surface area contributed by atoms with Crippen LogP contribution in [-0.2, 0) is 11.0 Å². The maximum atomic E-state index is 12.5. The first-order chi connectivity index (χ1) is 8.29. The molecule has 0 bridgehead atoms. The highest BCUT2D eigenvalue weighted by molar-refractivity contribution is 6.40. The standard InChI is InChI=1S/C11H8Cl2F3NO/c1-5-2-9(17-18-5)10-7(12)3-6(4-8(10)13)11(14,15)16/h3-5H,2H2,1H3. The highest BCUT2D eigenvalue weighted by Crippen LogP contribution is 2.37. The predicted molar refractivity (Wildman–Crippen MR) is 63.2 cm³/mol. The summed E-state index contributed by atoms with van der Waals surface area (Å²) in [4.78, 5) is 4.98. The summed E-state index contributed by atoms with van der Waals surface area (Å²) in [5, 5.41) is 3.61. The van der Waals surface area contributed by atoms with Gasteiger partial charge in [0.15, 0.2) is 0 Å². The van der Waals surface area contributed by atoms with Gasteiger partial charge in [-0.3, -0.25) is 0 Å². The summed E-state index contributed by atoms with van der Waals surface area (Å²) in [7, 11) is 0. The highest BCUT2D eigenvalue weighted by Gasteiger charge is 2.33. The Bertz CT molecular complexity index is 490. The van der Waals surface area contributed by atoms with Crippen LogP contribution in [0.5, 0.6) is 0 Å². The number of hydrogen-bond donors (Lipinski definition) is 0. The van der Waals surface area contributed by atoms with Crippen LogP contribution in [0.1, 0.15) is 24.5 Å². The Morgan fingerprint density at radius 3 is 2.22 bits per heavy atom. The molecule has 7 heteroatoms. The molecule has 0 saturated carbocycles. The molecule has 0 amide bonds. The van der Waals surface area contributed by atoms with Gasteiger partial charge in [-0.15, -0.1) is 0 Å². The van der Waals surface area contributed by atoms with Crippen LogP contribution in [0.15, 0.2) is 17.3 Å². The smallest absolute Gasteiger partial charge is 0.392 e. The fourth-order valence-electron chi connectivity index (χ4n) is 1.66. The van der Waals surface area contributed by atoms with E-state index >= 15 is 0 Å². The first-order valence-corrected chi connectivity index (χ1v) is 5.84. The van der Waals surface area contributed by atoms with Gasteiger partial charge < -0.3 is 4.84 Å². The number of halogens is 5. The summed E-state index contributed by atoms with van der Waals surface area (Å²) >= 11 is 11.7. The molecule has 1 heterocycles. The van der Waals surface area contributed by atoms with Crippen molar-refractivity contribution in [2.75, 3.05) is 0 Å². The third-order valence-corrected chi connectivity index (χ3v) is 3.08. The van der Waals surface area contributed by atoms with E-state index in [9.17, 15) is 13.2 Å². The van der Waals surface area contributed by atoms with Crippen LogP contribution < -0.4 is 0 Å². The Morgan fingerprint density at radius 1 is 1.28 bits per heavy atom. The van der Waals surface area contributed by atoms with Crippen LogP contribution in [0, 0.1) is 0 Å². The van der Waals surface area contributed by atoms with Crippen LogP contribution in [0.2, 0.25) is 10.0 Å². The summed E-state index contributed by atoms with van der Waals surface area (Å²) in [6.45, 7) is 1.79. The quantitative estimate of drug-likeness (QED) is 0.746. The molecule has 0 aliphatic carbocycles. The summed E-state index contributed by atoms with van der Waals surface area (Å²) in [6, 6.07) is 1.68. The predicted octanol–water partition coefficient (Wildman–Crippen LogP) is 4.53. The Labute approximate surface area is 111 Å². The van der Waals surface area contributed by atoms with Crippen molar-refractivity contribution in [3.63, 3.8) is 0 Å². The molecule has 2 nitrogen and oxygen atoms in total. The number of rotatable bonds is 1. The lowest BCUT2D eigenvalue weighted by Crippen LogP contribution is -2.09. The van der Waals surface area contributed by atoms with Crippen LogP contribution in [0.3, 0.4) is 0 Å². The topological polar surface area (TPSA) is 21.6 Å². The molecule has 1 atom stereocenters. The van der Waals surface area contributed by atoms with Gasteiger partial charge in [0.1, 0.15) is 6.10 Å². The number of hydrogen-bond acceptors (Lipinski definition) is 2. The minimum atomic E-state index is -4.48. The first-order valence-electron chi connectivity index (χ1n) is 5.08. The second-order valence-corrected chi connectivity index (χ2v) is 4.79. The minimum Gasteiger partial charge on any atom is -0.392 e. The highest BCUT2D eigenvalue weighted by atomic mass is 35.5. The maximum Gasteiger partial charge on any atom is 0.416 e. The van der Waals surface area contributed by atoms with Crippen LogP contribution >= 0.6 is 23.2 Å². The van der Waals surface area contributed by atoms with Crippen molar-refractivity contribution < 1.29 is 18.0 Å². The van der Waals surface area contributed by atoms with Crippen molar-refractivity contribution in [1.82, 2.24) is 0 Å². The van der Waals surface area contributed by atoms with E-state index in [0.29, 0.717) is 17.7 Å². The molecule has 1 unspecified atom stereocenters. The van der Waals surface area contributed by atoms with Crippen molar-refractivity contribution in [2.45, 2.75) is 25.6 Å². The Hall–Kier alpha value is -0.940. The SMILES string of the molecule is CC1CC(c2c(Cl)cc(C(F)(F)F)cc2Cl)=NO1. The third kappa shape index (κ3) is 2.57. The fourth-order valence-corrected chi connectivity index (χ4v) is 2.37. The maximum absolute atomic E-state index is 12.5. The van der Waals surface area contributed by atoms with Gasteiger partial charge in [-0.1, -0.05) is 28.4 Å². The zero-order chi connectivity index (χ0) is 13.5. The number of benzene rings is 1. The van der Waals surface area contributed by atoms with E-state index in [1.807, 2.05) is 0 Å². The first kappa shape index (κ1) is 13.5. The van der Waals surface area contributed by atoms with Gasteiger partial charge in [-0.2, -0.15) is 13.2 Å². The zero-order valence-electron chi connectivity index (χ0n) is 9.18. The molecule has 1 aliphatic rings. The molecule has 0 fully saturated rings. The van der Waals surface area contributed by atoms with Gasteiger partial charge in [0.2, 0.25) is 0 Å². The van der Waals surface area contributed by atoms with Crippen LogP contribution in [-0.4, -0.2) is 11.8 Å². The molecule has 0 saturated heterocycles. The summed E-state index contributed by atoms with van der Waals surface area (Å²) < 4.78 is 37.6. The lowest BCUT2D eigenvalue weighted by molar-refractivity contribution is -0.137. The second kappa shape index (κ2) is 4.63. The second-order valence-electron chi connectivity index (χ2n) is 3.97. The van der Waals surface area contributed by atoms with Gasteiger partial charge in [0.25, 0.3) is 0 Å². The van der Waals surface area contributed by atoms with Gasteiger partial charge in [-0.05, 0) is 19.1 Å². The Kier molecular flexibility index (Phi) is 3.47. The average Bonchev–Trinajstić information content (AvgIpc) is 2.62. The van der Waals surface area contributed by atoms with E-state index < -0.39 is 11.7 Å². The van der Waals surface area contributed by atoms with E-state index in [-0.39, 0.29) is 16.1 Å². The minimum absolute atomic E-state index is 0.0775. The Morgan fingerprint density at radius 2 is 1.83 bits per heavy atom. The van der Waals surface area contributed by atoms with Crippen LogP contribution in [0.25, 0.3) is 0 Å². The normalized spacial score (nSPS) is 19.7. The molecular weight excluding hydrogens is 290 g/mol. The molecule has 18 heavy (non-hydrogen) atoms. The van der Waals surface area contributed by atoms with Crippen LogP contribution in [0.4, 0.5) is 13.2 Å². The van der Waals surface area contributed by atoms with Gasteiger partial charge in [-0.25, -0.2) is 0 Å². The molecule has 1 aromatic rings. The molecule has 1 aromatic carbocycles. The lowest BCUT2D eigenvalue weighted by atomic mass is 10.0. The van der Waals surface area contributed by atoms with E-state index in [0.717, 1.165) is 12.1 Å². The molecule has 0 radical (unpaired) electrons. The third-order valence-electron chi connectivity index (χ3n) is 2.48. The zero-order valence-corrected chi connectivity index (χ0v) is 10.7. The lowest BCUT2D eigenvalue weighted by Gasteiger charge is -2.11. The van der Waals surface area contributed by atoms with Crippen molar-refractivity contribution in [3.05, 3.63) is 33.3 Å². The average molecular weight is 298 g/mol. The van der Waals surface area contributed by atoms with E-state index in [4.69, 9.17) is 28.0 Å². The van der Waals surface area contributed by atoms with Crippen molar-refractivity contribution in [2.24, 2.45) is 5.16 Å². The van der Waals surface area contributed by atoms with Crippen molar-refractivity contribution in [3.8, 4) is 0 Å². The molecule has 0 aromatic heterocycles. The van der Waals surface area contributed by atoms with Gasteiger partial charge in [0.05, 0.1) is 21.3 Å². The van der Waals surface area contributed by atoms with E-state index in [1.165, 1.54) is 0 Å². The molecule has 2 rings (SSSR count). The number of nitrogens with zero attached hydrogens (tertiary/aromatic N) is 1. The van der Waals surface area contributed by atoms with E-state index in [2.05, 4.69) is 5.16 Å². The van der Waals surface area contributed by atoms with Gasteiger partial charge >= 0.3 is 6.18 Å². The number of oxime groups is 1. The monoisotopic (exact) mass is 297 g/mol.